The third-order valence-corrected chi connectivity index (χ3v) is 6.00. The molecule has 0 fully saturated rings. The van der Waals surface area contributed by atoms with Gasteiger partial charge in [-0.25, -0.2) is 4.98 Å². The van der Waals surface area contributed by atoms with E-state index in [0.29, 0.717) is 26.4 Å². The number of amides is 2. The second-order valence-corrected chi connectivity index (χ2v) is 8.89. The summed E-state index contributed by atoms with van der Waals surface area (Å²) in [5, 5.41) is 8.79. The number of nitrogens with one attached hydrogen (secondary N) is 2. The number of hydrogen-bond acceptors (Lipinski definition) is 4. The normalized spacial score (nSPS) is 11.9. The van der Waals surface area contributed by atoms with Gasteiger partial charge in [0.05, 0.1) is 15.7 Å². The predicted octanol–water partition coefficient (Wildman–Crippen LogP) is 5.82. The van der Waals surface area contributed by atoms with E-state index in [1.165, 1.54) is 11.3 Å². The molecule has 3 aromatic rings. The number of aryl methyl sites for hydroxylation is 1. The van der Waals surface area contributed by atoms with Crippen LogP contribution < -0.4 is 10.6 Å². The van der Waals surface area contributed by atoms with Crippen LogP contribution in [0, 0.1) is 12.8 Å². The summed E-state index contributed by atoms with van der Waals surface area (Å²) >= 11 is 13.3. The molecule has 8 heteroatoms. The quantitative estimate of drug-likeness (QED) is 0.485. The minimum absolute atomic E-state index is 0.103. The number of thiazole rings is 1. The SMILES string of the molecule is Cc1ccc(C(=O)NC(C(=O)Nc2nc(-c3ccc(Cl)c(Cl)c3)cs2)C(C)C)cc1. The Kier molecular flexibility index (Phi) is 7.13. The maximum Gasteiger partial charge on any atom is 0.251 e. The van der Waals surface area contributed by atoms with Crippen LogP contribution in [0.3, 0.4) is 0 Å². The molecule has 3 rings (SSSR count). The van der Waals surface area contributed by atoms with Gasteiger partial charge in [0, 0.05) is 16.5 Å². The Morgan fingerprint density at radius 3 is 2.37 bits per heavy atom. The van der Waals surface area contributed by atoms with Crippen LogP contribution >= 0.6 is 34.5 Å². The molecular formula is C22H21Cl2N3O2S. The van der Waals surface area contributed by atoms with Crippen molar-refractivity contribution in [2.45, 2.75) is 26.8 Å². The fourth-order valence-electron chi connectivity index (χ4n) is 2.77. The fourth-order valence-corrected chi connectivity index (χ4v) is 3.79. The largest absolute Gasteiger partial charge is 0.340 e. The van der Waals surface area contributed by atoms with Crippen molar-refractivity contribution in [3.63, 3.8) is 0 Å². The van der Waals surface area contributed by atoms with Crippen LogP contribution in [-0.2, 0) is 4.79 Å². The van der Waals surface area contributed by atoms with Gasteiger partial charge in [0.2, 0.25) is 5.91 Å². The monoisotopic (exact) mass is 461 g/mol. The number of aromatic nitrogens is 1. The topological polar surface area (TPSA) is 71.1 Å². The summed E-state index contributed by atoms with van der Waals surface area (Å²) in [5.41, 5.74) is 3.05. The minimum atomic E-state index is -0.698. The maximum absolute atomic E-state index is 12.8. The Hall–Kier alpha value is -2.41. The third kappa shape index (κ3) is 5.39. The van der Waals surface area contributed by atoms with E-state index in [2.05, 4.69) is 15.6 Å². The van der Waals surface area contributed by atoms with Gasteiger partial charge in [0.1, 0.15) is 6.04 Å². The van der Waals surface area contributed by atoms with Crippen LogP contribution in [0.25, 0.3) is 11.3 Å². The first-order valence-corrected chi connectivity index (χ1v) is 11.0. The van der Waals surface area contributed by atoms with Crippen molar-refractivity contribution in [1.29, 1.82) is 0 Å². The van der Waals surface area contributed by atoms with Gasteiger partial charge in [-0.1, -0.05) is 60.8 Å². The van der Waals surface area contributed by atoms with E-state index in [4.69, 9.17) is 23.2 Å². The number of benzene rings is 2. The molecule has 2 N–H and O–H groups in total. The summed E-state index contributed by atoms with van der Waals surface area (Å²) in [6, 6.07) is 11.7. The van der Waals surface area contributed by atoms with Crippen LogP contribution in [0.2, 0.25) is 10.0 Å². The first kappa shape index (κ1) is 22.3. The highest BCUT2D eigenvalue weighted by Gasteiger charge is 2.25. The molecule has 0 aliphatic heterocycles. The number of hydrogen-bond donors (Lipinski definition) is 2. The number of anilines is 1. The lowest BCUT2D eigenvalue weighted by Crippen LogP contribution is -2.47. The smallest absolute Gasteiger partial charge is 0.251 e. The van der Waals surface area contributed by atoms with Crippen LogP contribution in [0.15, 0.2) is 47.8 Å². The molecule has 1 heterocycles. The van der Waals surface area contributed by atoms with Crippen LogP contribution in [0.5, 0.6) is 0 Å². The molecule has 2 aromatic carbocycles. The predicted molar refractivity (Wildman–Crippen MR) is 123 cm³/mol. The van der Waals surface area contributed by atoms with Crippen molar-refractivity contribution in [2.24, 2.45) is 5.92 Å². The second-order valence-electron chi connectivity index (χ2n) is 7.22. The highest BCUT2D eigenvalue weighted by molar-refractivity contribution is 7.14. The lowest BCUT2D eigenvalue weighted by Gasteiger charge is -2.21. The molecule has 0 aliphatic rings. The van der Waals surface area contributed by atoms with Crippen molar-refractivity contribution in [3.05, 3.63) is 69.0 Å². The van der Waals surface area contributed by atoms with Gasteiger partial charge in [-0.05, 0) is 37.1 Å². The Balaban J connectivity index is 1.71. The highest BCUT2D eigenvalue weighted by Crippen LogP contribution is 2.30. The third-order valence-electron chi connectivity index (χ3n) is 4.50. The summed E-state index contributed by atoms with van der Waals surface area (Å²) < 4.78 is 0. The Labute approximate surface area is 189 Å². The van der Waals surface area contributed by atoms with Gasteiger partial charge < -0.3 is 10.6 Å². The average Bonchev–Trinajstić information content (AvgIpc) is 3.16. The summed E-state index contributed by atoms with van der Waals surface area (Å²) in [6.07, 6.45) is 0. The molecule has 156 valence electrons. The van der Waals surface area contributed by atoms with Crippen molar-refractivity contribution in [2.75, 3.05) is 5.32 Å². The Bertz CT molecular complexity index is 1060. The van der Waals surface area contributed by atoms with E-state index in [0.717, 1.165) is 11.1 Å². The summed E-state index contributed by atoms with van der Waals surface area (Å²) in [4.78, 5) is 29.8. The summed E-state index contributed by atoms with van der Waals surface area (Å²) in [6.45, 7) is 5.71. The van der Waals surface area contributed by atoms with Crippen LogP contribution in [0.1, 0.15) is 29.8 Å². The zero-order valence-electron chi connectivity index (χ0n) is 16.7. The Morgan fingerprint density at radius 2 is 1.73 bits per heavy atom. The zero-order chi connectivity index (χ0) is 21.8. The fraction of sp³-hybridized carbons (Fsp3) is 0.227. The number of carbonyl (C=O) groups is 2. The molecule has 2 amide bonds. The zero-order valence-corrected chi connectivity index (χ0v) is 19.0. The van der Waals surface area contributed by atoms with Gasteiger partial charge in [-0.3, -0.25) is 9.59 Å². The van der Waals surface area contributed by atoms with Gasteiger partial charge >= 0.3 is 0 Å². The summed E-state index contributed by atoms with van der Waals surface area (Å²) in [7, 11) is 0. The van der Waals surface area contributed by atoms with E-state index in [1.54, 1.807) is 24.3 Å². The summed E-state index contributed by atoms with van der Waals surface area (Å²) in [5.74, 6) is -0.714. The minimum Gasteiger partial charge on any atom is -0.340 e. The molecule has 0 aliphatic carbocycles. The first-order valence-electron chi connectivity index (χ1n) is 9.34. The molecule has 30 heavy (non-hydrogen) atoms. The molecule has 0 radical (unpaired) electrons. The van der Waals surface area contributed by atoms with Crippen molar-refractivity contribution < 1.29 is 9.59 Å². The molecule has 1 atom stereocenters. The number of rotatable bonds is 6. The van der Waals surface area contributed by atoms with Gasteiger partial charge in [0.25, 0.3) is 5.91 Å². The van der Waals surface area contributed by atoms with Crippen molar-refractivity contribution in [3.8, 4) is 11.3 Å². The van der Waals surface area contributed by atoms with E-state index >= 15 is 0 Å². The lowest BCUT2D eigenvalue weighted by molar-refractivity contribution is -0.118. The van der Waals surface area contributed by atoms with Gasteiger partial charge in [-0.15, -0.1) is 11.3 Å². The molecule has 0 spiro atoms. The van der Waals surface area contributed by atoms with Crippen molar-refractivity contribution >= 4 is 51.5 Å². The van der Waals surface area contributed by atoms with Crippen LogP contribution in [-0.4, -0.2) is 22.8 Å². The molecule has 5 nitrogen and oxygen atoms in total. The highest BCUT2D eigenvalue weighted by atomic mass is 35.5. The average molecular weight is 462 g/mol. The molecule has 0 saturated heterocycles. The lowest BCUT2D eigenvalue weighted by atomic mass is 10.0. The van der Waals surface area contributed by atoms with E-state index < -0.39 is 6.04 Å². The van der Waals surface area contributed by atoms with Crippen LogP contribution in [0.4, 0.5) is 5.13 Å². The number of nitrogens with zero attached hydrogens (tertiary/aromatic N) is 1. The van der Waals surface area contributed by atoms with E-state index in [-0.39, 0.29) is 17.7 Å². The second kappa shape index (κ2) is 9.60. The van der Waals surface area contributed by atoms with E-state index in [1.807, 2.05) is 44.4 Å². The maximum atomic E-state index is 12.8. The number of carbonyl (C=O) groups excluding carboxylic acids is 2. The molecule has 0 saturated carbocycles. The first-order chi connectivity index (χ1) is 14.2. The molecule has 1 aromatic heterocycles. The number of halogens is 2. The molecule has 0 bridgehead atoms. The molecular weight excluding hydrogens is 441 g/mol. The molecule has 1 unspecified atom stereocenters. The van der Waals surface area contributed by atoms with E-state index in [9.17, 15) is 9.59 Å². The van der Waals surface area contributed by atoms with Crippen molar-refractivity contribution in [1.82, 2.24) is 10.3 Å². The Morgan fingerprint density at radius 1 is 1.03 bits per heavy atom. The standard InChI is InChI=1S/C22H21Cl2N3O2S/c1-12(2)19(26-20(28)14-6-4-13(3)5-7-14)21(29)27-22-25-18(11-30-22)15-8-9-16(23)17(24)10-15/h4-12,19H,1-3H3,(H,26,28)(H,25,27,29). The van der Waals surface area contributed by atoms with Gasteiger partial charge in [0.15, 0.2) is 5.13 Å². The van der Waals surface area contributed by atoms with Gasteiger partial charge in [-0.2, -0.15) is 0 Å².